The Kier molecular flexibility index (Phi) is 4.08. The van der Waals surface area contributed by atoms with Gasteiger partial charge in [-0.25, -0.2) is 4.98 Å². The predicted octanol–water partition coefficient (Wildman–Crippen LogP) is 1.12. The number of imide groups is 1. The van der Waals surface area contributed by atoms with Gasteiger partial charge in [0, 0.05) is 49.7 Å². The van der Waals surface area contributed by atoms with Gasteiger partial charge in [0.2, 0.25) is 5.91 Å². The van der Waals surface area contributed by atoms with Gasteiger partial charge in [0.25, 0.3) is 5.91 Å². The molecule has 2 aromatic rings. The van der Waals surface area contributed by atoms with E-state index in [4.69, 9.17) is 4.98 Å². The highest BCUT2D eigenvalue weighted by Gasteiger charge is 2.25. The van der Waals surface area contributed by atoms with Gasteiger partial charge in [0.1, 0.15) is 11.6 Å². The monoisotopic (exact) mass is 391 g/mol. The Hall–Kier alpha value is -3.62. The number of amides is 2. The van der Waals surface area contributed by atoms with E-state index in [1.807, 2.05) is 18.5 Å². The first-order valence-electron chi connectivity index (χ1n) is 9.60. The van der Waals surface area contributed by atoms with Crippen molar-refractivity contribution in [3.8, 4) is 0 Å². The first kappa shape index (κ1) is 17.5. The number of aromatic nitrogens is 3. The molecular formula is C20H21N7O2. The third-order valence-electron chi connectivity index (χ3n) is 5.12. The van der Waals surface area contributed by atoms with Crippen molar-refractivity contribution >= 4 is 35.2 Å². The van der Waals surface area contributed by atoms with E-state index in [9.17, 15) is 9.59 Å². The summed E-state index contributed by atoms with van der Waals surface area (Å²) >= 11 is 0. The number of hydrogen-bond acceptors (Lipinski definition) is 7. The quantitative estimate of drug-likeness (QED) is 0.458. The molecule has 3 aliphatic rings. The Labute approximate surface area is 167 Å². The first-order chi connectivity index (χ1) is 14.1. The topological polar surface area (TPSA) is 94.9 Å². The highest BCUT2D eigenvalue weighted by molar-refractivity contribution is 6.15. The van der Waals surface area contributed by atoms with Crippen molar-refractivity contribution in [2.75, 3.05) is 30.4 Å². The van der Waals surface area contributed by atoms with E-state index in [0.29, 0.717) is 16.8 Å². The van der Waals surface area contributed by atoms with Crippen LogP contribution in [0.5, 0.6) is 0 Å². The normalized spacial score (nSPS) is 20.7. The van der Waals surface area contributed by atoms with Gasteiger partial charge >= 0.3 is 0 Å². The smallest absolute Gasteiger partial charge is 0.254 e. The molecule has 4 heterocycles. The van der Waals surface area contributed by atoms with Crippen molar-refractivity contribution in [2.24, 2.45) is 0 Å². The van der Waals surface area contributed by atoms with Gasteiger partial charge in [-0.1, -0.05) is 12.2 Å². The molecule has 29 heavy (non-hydrogen) atoms. The average molecular weight is 391 g/mol. The van der Waals surface area contributed by atoms with Crippen LogP contribution < -0.4 is 15.5 Å². The Balaban J connectivity index is 1.59. The zero-order valence-corrected chi connectivity index (χ0v) is 16.0. The molecule has 0 bridgehead atoms. The largest absolute Gasteiger partial charge is 0.379 e. The number of anilines is 2. The molecule has 2 N–H and O–H groups in total. The van der Waals surface area contributed by atoms with Crippen LogP contribution in [0.3, 0.4) is 0 Å². The summed E-state index contributed by atoms with van der Waals surface area (Å²) in [5, 5.41) is 10.2. The number of nitrogens with zero attached hydrogens (tertiary/aromatic N) is 5. The van der Waals surface area contributed by atoms with Crippen LogP contribution in [0, 0.1) is 0 Å². The molecule has 9 heteroatoms. The van der Waals surface area contributed by atoms with E-state index < -0.39 is 0 Å². The van der Waals surface area contributed by atoms with Crippen LogP contribution in [0.15, 0.2) is 42.4 Å². The Bertz CT molecular complexity index is 1090. The third kappa shape index (κ3) is 3.46. The van der Waals surface area contributed by atoms with Crippen molar-refractivity contribution < 1.29 is 9.59 Å². The van der Waals surface area contributed by atoms with Crippen LogP contribution in [0.2, 0.25) is 0 Å². The summed E-state index contributed by atoms with van der Waals surface area (Å²) in [5.41, 5.74) is 1.76. The van der Waals surface area contributed by atoms with Crippen LogP contribution >= 0.6 is 0 Å². The van der Waals surface area contributed by atoms with Crippen LogP contribution in [-0.2, 0) is 9.59 Å². The molecule has 0 aromatic carbocycles. The molecule has 0 saturated carbocycles. The molecule has 5 rings (SSSR count). The van der Waals surface area contributed by atoms with Gasteiger partial charge in [0.05, 0.1) is 18.7 Å². The number of carbonyl (C=O) groups excluding carboxylic acids is 2. The van der Waals surface area contributed by atoms with E-state index >= 15 is 0 Å². The second-order valence-corrected chi connectivity index (χ2v) is 7.44. The van der Waals surface area contributed by atoms with Gasteiger partial charge < -0.3 is 15.1 Å². The fraction of sp³-hybridized carbons (Fsp3) is 0.300. The fourth-order valence-corrected chi connectivity index (χ4v) is 3.47. The summed E-state index contributed by atoms with van der Waals surface area (Å²) in [5.74, 6) is 0.985. The second-order valence-electron chi connectivity index (χ2n) is 7.44. The number of nitrogens with one attached hydrogen (secondary N) is 2. The Morgan fingerprint density at radius 2 is 2.10 bits per heavy atom. The number of rotatable bonds is 4. The summed E-state index contributed by atoms with van der Waals surface area (Å²) in [4.78, 5) is 32.6. The molecule has 1 saturated heterocycles. The molecule has 1 aliphatic carbocycles. The van der Waals surface area contributed by atoms with Crippen LogP contribution in [0.25, 0.3) is 11.7 Å². The summed E-state index contributed by atoms with van der Waals surface area (Å²) in [6.07, 6.45) is 12.7. The highest BCUT2D eigenvalue weighted by atomic mass is 16.2. The average Bonchev–Trinajstić information content (AvgIpc) is 3.38. The van der Waals surface area contributed by atoms with Crippen molar-refractivity contribution in [3.05, 3.63) is 48.0 Å². The second kappa shape index (κ2) is 6.77. The zero-order valence-electron chi connectivity index (χ0n) is 16.0. The summed E-state index contributed by atoms with van der Waals surface area (Å²) in [6, 6.07) is 2.20. The molecule has 148 valence electrons. The van der Waals surface area contributed by atoms with Gasteiger partial charge in [-0.05, 0) is 12.5 Å². The molecule has 2 aromatic heterocycles. The maximum atomic E-state index is 12.0. The predicted molar refractivity (Wildman–Crippen MR) is 109 cm³/mol. The Morgan fingerprint density at radius 1 is 1.24 bits per heavy atom. The number of carbonyl (C=O) groups is 2. The van der Waals surface area contributed by atoms with E-state index in [0.717, 1.165) is 31.1 Å². The molecule has 0 unspecified atom stereocenters. The lowest BCUT2D eigenvalue weighted by molar-refractivity contribution is -0.124. The van der Waals surface area contributed by atoms with Crippen molar-refractivity contribution in [1.29, 1.82) is 0 Å². The lowest BCUT2D eigenvalue weighted by atomic mass is 10.1. The molecule has 9 nitrogen and oxygen atoms in total. The maximum Gasteiger partial charge on any atom is 0.254 e. The molecule has 0 atom stereocenters. The Morgan fingerprint density at radius 3 is 2.86 bits per heavy atom. The van der Waals surface area contributed by atoms with Gasteiger partial charge in [0.15, 0.2) is 5.65 Å². The maximum absolute atomic E-state index is 12.0. The van der Waals surface area contributed by atoms with Gasteiger partial charge in [-0.3, -0.25) is 14.9 Å². The lowest BCUT2D eigenvalue weighted by Gasteiger charge is -2.19. The van der Waals surface area contributed by atoms with Crippen LogP contribution in [-0.4, -0.2) is 57.5 Å². The minimum atomic E-state index is -0.357. The SMILES string of the molecule is CN1C=CN(c2cc(NC3C=C3)n3ncc(/C=C4\CC(=O)NC4=O)c3n2)CCC1. The highest BCUT2D eigenvalue weighted by Crippen LogP contribution is 2.26. The van der Waals surface area contributed by atoms with E-state index in [-0.39, 0.29) is 24.3 Å². The van der Waals surface area contributed by atoms with E-state index in [1.54, 1.807) is 16.8 Å². The van der Waals surface area contributed by atoms with Crippen molar-refractivity contribution in [2.45, 2.75) is 18.9 Å². The van der Waals surface area contributed by atoms with Crippen molar-refractivity contribution in [1.82, 2.24) is 24.8 Å². The zero-order chi connectivity index (χ0) is 20.0. The molecule has 0 spiro atoms. The molecule has 2 aliphatic heterocycles. The third-order valence-corrected chi connectivity index (χ3v) is 5.12. The van der Waals surface area contributed by atoms with Crippen molar-refractivity contribution in [3.63, 3.8) is 0 Å². The first-order valence-corrected chi connectivity index (χ1v) is 9.60. The van der Waals surface area contributed by atoms with Gasteiger partial charge in [-0.2, -0.15) is 9.61 Å². The molecule has 0 radical (unpaired) electrons. The van der Waals surface area contributed by atoms with Crippen LogP contribution in [0.4, 0.5) is 11.6 Å². The molecule has 2 amide bonds. The number of hydrogen-bond donors (Lipinski definition) is 2. The molecular weight excluding hydrogens is 370 g/mol. The minimum absolute atomic E-state index is 0.0775. The number of fused-ring (bicyclic) bond motifs is 1. The minimum Gasteiger partial charge on any atom is -0.379 e. The van der Waals surface area contributed by atoms with E-state index in [1.165, 1.54) is 0 Å². The van der Waals surface area contributed by atoms with Crippen LogP contribution in [0.1, 0.15) is 18.4 Å². The van der Waals surface area contributed by atoms with Gasteiger partial charge in [-0.15, -0.1) is 0 Å². The standard InChI is InChI=1S/C20H21N7O2/c1-25-5-2-6-26(8-7-25)16-11-17(22-15-3-4-15)27-19(23-16)14(12-21-27)9-13-10-18(28)24-20(13)29/h3-4,7-9,11-12,15,22H,2,5-6,10H2,1H3,(H,24,28,29)/b13-9+. The summed E-state index contributed by atoms with van der Waals surface area (Å²) in [6.45, 7) is 1.84. The summed E-state index contributed by atoms with van der Waals surface area (Å²) < 4.78 is 1.73. The lowest BCUT2D eigenvalue weighted by Crippen LogP contribution is -2.20. The fourth-order valence-electron chi connectivity index (χ4n) is 3.47. The van der Waals surface area contributed by atoms with E-state index in [2.05, 4.69) is 44.7 Å². The summed E-state index contributed by atoms with van der Waals surface area (Å²) in [7, 11) is 2.05. The molecule has 1 fully saturated rings.